The zero-order valence-electron chi connectivity index (χ0n) is 13.6. The van der Waals surface area contributed by atoms with Gasteiger partial charge in [0, 0.05) is 11.6 Å². The molecule has 0 saturated heterocycles. The number of nitrogens with zero attached hydrogens (tertiary/aromatic N) is 1. The van der Waals surface area contributed by atoms with E-state index in [0.717, 1.165) is 11.1 Å². The Morgan fingerprint density at radius 1 is 0.960 bits per heavy atom. The minimum absolute atomic E-state index is 0.397. The summed E-state index contributed by atoms with van der Waals surface area (Å²) >= 11 is 0. The lowest BCUT2D eigenvalue weighted by Crippen LogP contribution is -2.08. The van der Waals surface area contributed by atoms with E-state index in [1.807, 2.05) is 49.4 Å². The minimum atomic E-state index is -0.397. The van der Waals surface area contributed by atoms with Crippen molar-refractivity contribution < 1.29 is 13.9 Å². The Balaban J connectivity index is 1.62. The molecule has 4 aromatic rings. The molecular weight excluding hydrogens is 314 g/mol. The normalized spacial score (nSPS) is 10.8. The first-order chi connectivity index (χ1) is 12.2. The van der Waals surface area contributed by atoms with Gasteiger partial charge in [0.1, 0.15) is 11.3 Å². The van der Waals surface area contributed by atoms with Gasteiger partial charge in [-0.05, 0) is 43.3 Å². The fourth-order valence-electron chi connectivity index (χ4n) is 2.61. The molecule has 1 aromatic heterocycles. The molecule has 0 fully saturated rings. The summed E-state index contributed by atoms with van der Waals surface area (Å²) in [5, 5.41) is 0. The lowest BCUT2D eigenvalue weighted by atomic mass is 10.1. The molecule has 4 nitrogen and oxygen atoms in total. The predicted molar refractivity (Wildman–Crippen MR) is 95.6 cm³/mol. The molecule has 0 unspecified atom stereocenters. The number of aryl methyl sites for hydroxylation is 1. The summed E-state index contributed by atoms with van der Waals surface area (Å²) in [5.74, 6) is 0.568. The number of hydrogen-bond acceptors (Lipinski definition) is 4. The van der Waals surface area contributed by atoms with Gasteiger partial charge in [-0.25, -0.2) is 9.78 Å². The number of ether oxygens (including phenoxy) is 1. The zero-order valence-corrected chi connectivity index (χ0v) is 13.6. The Bertz CT molecular complexity index is 1050. The minimum Gasteiger partial charge on any atom is -0.436 e. The average molecular weight is 329 g/mol. The Hall–Kier alpha value is -3.40. The highest BCUT2D eigenvalue weighted by Gasteiger charge is 2.12. The maximum absolute atomic E-state index is 12.3. The second-order valence-electron chi connectivity index (χ2n) is 5.77. The monoisotopic (exact) mass is 329 g/mol. The van der Waals surface area contributed by atoms with Crippen LogP contribution in [0.5, 0.6) is 5.75 Å². The zero-order chi connectivity index (χ0) is 17.2. The third-order valence-electron chi connectivity index (χ3n) is 3.84. The van der Waals surface area contributed by atoms with Crippen molar-refractivity contribution >= 4 is 17.1 Å². The van der Waals surface area contributed by atoms with Crippen molar-refractivity contribution in [1.29, 1.82) is 0 Å². The van der Waals surface area contributed by atoms with Crippen LogP contribution in [0.15, 0.2) is 77.2 Å². The van der Waals surface area contributed by atoms with E-state index in [9.17, 15) is 4.79 Å². The number of carbonyl (C=O) groups excluding carboxylic acids is 1. The van der Waals surface area contributed by atoms with Crippen molar-refractivity contribution in [3.05, 3.63) is 83.9 Å². The van der Waals surface area contributed by atoms with Gasteiger partial charge in [-0.2, -0.15) is 0 Å². The van der Waals surface area contributed by atoms with Crippen LogP contribution in [-0.4, -0.2) is 11.0 Å². The summed E-state index contributed by atoms with van der Waals surface area (Å²) < 4.78 is 11.3. The van der Waals surface area contributed by atoms with Gasteiger partial charge in [0.15, 0.2) is 5.58 Å². The third-order valence-corrected chi connectivity index (χ3v) is 3.84. The number of esters is 1. The number of rotatable bonds is 3. The van der Waals surface area contributed by atoms with E-state index in [1.165, 1.54) is 0 Å². The topological polar surface area (TPSA) is 52.3 Å². The molecule has 0 aliphatic carbocycles. The maximum atomic E-state index is 12.3. The van der Waals surface area contributed by atoms with Gasteiger partial charge in [0.2, 0.25) is 5.89 Å². The fraction of sp³-hybridized carbons (Fsp3) is 0.0476. The molecule has 4 rings (SSSR count). The summed E-state index contributed by atoms with van der Waals surface area (Å²) in [4.78, 5) is 16.7. The highest BCUT2D eigenvalue weighted by molar-refractivity contribution is 5.91. The number of benzene rings is 3. The molecule has 1 heterocycles. The molecule has 0 bridgehead atoms. The van der Waals surface area contributed by atoms with Crippen molar-refractivity contribution in [2.75, 3.05) is 0 Å². The van der Waals surface area contributed by atoms with Crippen molar-refractivity contribution in [3.8, 4) is 17.2 Å². The van der Waals surface area contributed by atoms with E-state index in [-0.39, 0.29) is 0 Å². The molecular formula is C21H15NO3. The Kier molecular flexibility index (Phi) is 3.78. The van der Waals surface area contributed by atoms with Crippen molar-refractivity contribution in [1.82, 2.24) is 4.98 Å². The molecule has 0 atom stereocenters. The Labute approximate surface area is 144 Å². The van der Waals surface area contributed by atoms with E-state index >= 15 is 0 Å². The van der Waals surface area contributed by atoms with Crippen LogP contribution in [0.25, 0.3) is 22.6 Å². The van der Waals surface area contributed by atoms with Gasteiger partial charge in [0.05, 0.1) is 5.56 Å². The van der Waals surface area contributed by atoms with Gasteiger partial charge in [-0.15, -0.1) is 0 Å². The first-order valence-electron chi connectivity index (χ1n) is 7.94. The fourth-order valence-corrected chi connectivity index (χ4v) is 2.61. The Morgan fingerprint density at radius 2 is 1.80 bits per heavy atom. The number of hydrogen-bond donors (Lipinski definition) is 0. The molecule has 0 radical (unpaired) electrons. The van der Waals surface area contributed by atoms with Crippen LogP contribution in [-0.2, 0) is 0 Å². The van der Waals surface area contributed by atoms with Gasteiger partial charge >= 0.3 is 5.97 Å². The quantitative estimate of drug-likeness (QED) is 0.391. The molecule has 3 aromatic carbocycles. The second-order valence-corrected chi connectivity index (χ2v) is 5.77. The molecule has 0 spiro atoms. The van der Waals surface area contributed by atoms with Crippen molar-refractivity contribution in [2.45, 2.75) is 6.92 Å². The number of oxazole rings is 1. The summed E-state index contributed by atoms with van der Waals surface area (Å²) in [6, 6.07) is 22.1. The smallest absolute Gasteiger partial charge is 0.343 e. The van der Waals surface area contributed by atoms with E-state index in [0.29, 0.717) is 28.3 Å². The van der Waals surface area contributed by atoms with Crippen LogP contribution in [0.3, 0.4) is 0 Å². The molecule has 0 N–H and O–H groups in total. The summed E-state index contributed by atoms with van der Waals surface area (Å²) in [5.41, 5.74) is 3.72. The van der Waals surface area contributed by atoms with Crippen LogP contribution in [0, 0.1) is 6.92 Å². The largest absolute Gasteiger partial charge is 0.436 e. The van der Waals surface area contributed by atoms with Crippen LogP contribution < -0.4 is 4.74 Å². The van der Waals surface area contributed by atoms with Crippen LogP contribution in [0.4, 0.5) is 0 Å². The molecule has 25 heavy (non-hydrogen) atoms. The highest BCUT2D eigenvalue weighted by atomic mass is 16.5. The van der Waals surface area contributed by atoms with Gasteiger partial charge in [-0.1, -0.05) is 35.9 Å². The van der Waals surface area contributed by atoms with Crippen LogP contribution in [0.1, 0.15) is 15.9 Å². The van der Waals surface area contributed by atoms with E-state index in [4.69, 9.17) is 9.15 Å². The second kappa shape index (κ2) is 6.24. The molecule has 0 amide bonds. The van der Waals surface area contributed by atoms with Gasteiger partial charge in [-0.3, -0.25) is 0 Å². The highest BCUT2D eigenvalue weighted by Crippen LogP contribution is 2.27. The predicted octanol–water partition coefficient (Wildman–Crippen LogP) is 5.02. The average Bonchev–Trinajstić information content (AvgIpc) is 3.06. The summed E-state index contributed by atoms with van der Waals surface area (Å²) in [6.07, 6.45) is 0. The first kappa shape index (κ1) is 15.1. The van der Waals surface area contributed by atoms with E-state index in [2.05, 4.69) is 4.98 Å². The molecule has 0 aliphatic heterocycles. The van der Waals surface area contributed by atoms with Gasteiger partial charge < -0.3 is 9.15 Å². The molecule has 0 aliphatic rings. The standard InChI is InChI=1S/C21H15NO3/c1-14-6-5-9-16(12-14)21(23)24-17-10-11-18-19(13-17)25-20(22-18)15-7-3-2-4-8-15/h2-13H,1H3. The first-order valence-corrected chi connectivity index (χ1v) is 7.94. The SMILES string of the molecule is Cc1cccc(C(=O)Oc2ccc3nc(-c4ccccc4)oc3c2)c1. The van der Waals surface area contributed by atoms with E-state index < -0.39 is 5.97 Å². The van der Waals surface area contributed by atoms with Crippen LogP contribution >= 0.6 is 0 Å². The summed E-state index contributed by atoms with van der Waals surface area (Å²) in [7, 11) is 0. The molecule has 0 saturated carbocycles. The lowest BCUT2D eigenvalue weighted by Gasteiger charge is -2.04. The van der Waals surface area contributed by atoms with Crippen molar-refractivity contribution in [3.63, 3.8) is 0 Å². The number of fused-ring (bicyclic) bond motifs is 1. The molecule has 4 heteroatoms. The number of carbonyl (C=O) groups is 1. The van der Waals surface area contributed by atoms with Crippen LogP contribution in [0.2, 0.25) is 0 Å². The third kappa shape index (κ3) is 3.15. The van der Waals surface area contributed by atoms with E-state index in [1.54, 1.807) is 30.3 Å². The lowest BCUT2D eigenvalue weighted by molar-refractivity contribution is 0.0735. The van der Waals surface area contributed by atoms with Gasteiger partial charge in [0.25, 0.3) is 0 Å². The van der Waals surface area contributed by atoms with Crippen molar-refractivity contribution in [2.24, 2.45) is 0 Å². The maximum Gasteiger partial charge on any atom is 0.343 e. The Morgan fingerprint density at radius 3 is 2.60 bits per heavy atom. The summed E-state index contributed by atoms with van der Waals surface area (Å²) in [6.45, 7) is 1.93. The number of aromatic nitrogens is 1. The molecule has 122 valence electrons.